The summed E-state index contributed by atoms with van der Waals surface area (Å²) in [6.45, 7) is 5.11. The highest BCUT2D eigenvalue weighted by molar-refractivity contribution is 6.18. The number of alkyl halides is 1. The molecule has 0 radical (unpaired) electrons. The molecule has 0 spiro atoms. The largest absolute Gasteiger partial charge is 0.313 e. The standard InChI is InChI=1S/C8H15ClN2O.C6H4/c1-7(12)8-6-10-3-5-11(8)4-2-9;1-2-6-4-3-5(1)6/h8,10H,2-6H2,1H3;1-4H. The monoisotopic (exact) mass is 266 g/mol. The van der Waals surface area contributed by atoms with Crippen LogP contribution in [0.25, 0.3) is 11.1 Å². The van der Waals surface area contributed by atoms with Crippen LogP contribution >= 0.6 is 11.6 Å². The van der Waals surface area contributed by atoms with Gasteiger partial charge in [-0.05, 0) is 18.1 Å². The van der Waals surface area contributed by atoms with E-state index in [1.807, 2.05) is 0 Å². The molecule has 18 heavy (non-hydrogen) atoms. The summed E-state index contributed by atoms with van der Waals surface area (Å²) in [5.74, 6) is 0.830. The van der Waals surface area contributed by atoms with Crippen LogP contribution in [0.15, 0.2) is 24.3 Å². The normalized spacial score (nSPS) is 20.9. The molecular formula is C14H19ClN2O. The first-order valence-corrected chi connectivity index (χ1v) is 6.87. The van der Waals surface area contributed by atoms with Crippen molar-refractivity contribution in [1.29, 1.82) is 0 Å². The molecule has 3 aliphatic rings. The van der Waals surface area contributed by atoms with Gasteiger partial charge in [-0.2, -0.15) is 0 Å². The number of Topliss-reactive ketones (excluding diaryl/α,β-unsaturated/α-hetero) is 1. The number of rotatable bonds is 3. The van der Waals surface area contributed by atoms with Gasteiger partial charge in [-0.25, -0.2) is 0 Å². The molecule has 1 fully saturated rings. The maximum Gasteiger partial charge on any atom is 0.148 e. The van der Waals surface area contributed by atoms with Crippen LogP contribution in [-0.4, -0.2) is 48.8 Å². The van der Waals surface area contributed by atoms with E-state index in [9.17, 15) is 4.79 Å². The lowest BCUT2D eigenvalue weighted by Crippen LogP contribution is -2.54. The molecule has 0 aromatic carbocycles. The van der Waals surface area contributed by atoms with Crippen LogP contribution in [0.2, 0.25) is 0 Å². The average Bonchev–Trinajstić information content (AvgIpc) is 2.35. The molecule has 0 amide bonds. The average molecular weight is 267 g/mol. The zero-order valence-corrected chi connectivity index (χ0v) is 11.4. The Kier molecular flexibility index (Phi) is 4.75. The zero-order chi connectivity index (χ0) is 13.0. The third-order valence-electron chi connectivity index (χ3n) is 3.41. The molecule has 4 heteroatoms. The molecule has 1 N–H and O–H groups in total. The molecule has 0 saturated carbocycles. The fourth-order valence-electron chi connectivity index (χ4n) is 2.19. The van der Waals surface area contributed by atoms with Crippen molar-refractivity contribution in [2.75, 3.05) is 32.1 Å². The van der Waals surface area contributed by atoms with Crippen molar-refractivity contribution in [3.05, 3.63) is 24.3 Å². The molecular weight excluding hydrogens is 248 g/mol. The lowest BCUT2D eigenvalue weighted by Gasteiger charge is -2.33. The van der Waals surface area contributed by atoms with Gasteiger partial charge in [-0.15, -0.1) is 11.6 Å². The minimum Gasteiger partial charge on any atom is -0.313 e. The van der Waals surface area contributed by atoms with Crippen LogP contribution < -0.4 is 5.32 Å². The van der Waals surface area contributed by atoms with Crippen molar-refractivity contribution >= 4 is 17.4 Å². The number of halogens is 1. The Labute approximate surface area is 113 Å². The second-order valence-corrected chi connectivity index (χ2v) is 5.01. The molecule has 1 atom stereocenters. The number of benzene rings is 1. The van der Waals surface area contributed by atoms with Gasteiger partial charge in [0.25, 0.3) is 0 Å². The van der Waals surface area contributed by atoms with Crippen molar-refractivity contribution in [3.8, 4) is 11.1 Å². The number of hydrogen-bond acceptors (Lipinski definition) is 3. The number of carbonyl (C=O) groups excluding carboxylic acids is 1. The number of nitrogens with zero attached hydrogens (tertiary/aromatic N) is 1. The number of hydrogen-bond donors (Lipinski definition) is 1. The van der Waals surface area contributed by atoms with E-state index in [-0.39, 0.29) is 11.8 Å². The highest BCUT2D eigenvalue weighted by Gasteiger charge is 2.24. The zero-order valence-electron chi connectivity index (χ0n) is 10.7. The van der Waals surface area contributed by atoms with Crippen molar-refractivity contribution in [2.24, 2.45) is 0 Å². The van der Waals surface area contributed by atoms with E-state index in [0.29, 0.717) is 5.88 Å². The molecule has 98 valence electrons. The Morgan fingerprint density at radius 1 is 1.39 bits per heavy atom. The maximum absolute atomic E-state index is 11.2. The molecule has 1 unspecified atom stereocenters. The molecule has 3 rings (SSSR count). The molecule has 1 saturated heterocycles. The van der Waals surface area contributed by atoms with Gasteiger partial charge in [0, 0.05) is 32.1 Å². The van der Waals surface area contributed by atoms with E-state index in [1.165, 1.54) is 11.1 Å². The minimum atomic E-state index is 0.0394. The molecule has 1 aliphatic heterocycles. The summed E-state index contributed by atoms with van der Waals surface area (Å²) in [5, 5.41) is 3.20. The van der Waals surface area contributed by atoms with E-state index >= 15 is 0 Å². The van der Waals surface area contributed by atoms with Crippen molar-refractivity contribution in [2.45, 2.75) is 13.0 Å². The van der Waals surface area contributed by atoms with E-state index in [1.54, 1.807) is 6.92 Å². The quantitative estimate of drug-likeness (QED) is 0.860. The highest BCUT2D eigenvalue weighted by Crippen LogP contribution is 2.29. The summed E-state index contributed by atoms with van der Waals surface area (Å²) in [7, 11) is 0. The number of ketones is 1. The molecule has 1 heterocycles. The van der Waals surface area contributed by atoms with Crippen LogP contribution in [0.3, 0.4) is 0 Å². The van der Waals surface area contributed by atoms with E-state index in [2.05, 4.69) is 34.5 Å². The van der Waals surface area contributed by atoms with Crippen LogP contribution in [0.4, 0.5) is 0 Å². The maximum atomic E-state index is 11.2. The summed E-state index contributed by atoms with van der Waals surface area (Å²) in [6, 6.07) is 8.52. The lowest BCUT2D eigenvalue weighted by molar-refractivity contribution is -0.122. The highest BCUT2D eigenvalue weighted by atomic mass is 35.5. The van der Waals surface area contributed by atoms with Gasteiger partial charge in [0.1, 0.15) is 5.78 Å². The summed E-state index contributed by atoms with van der Waals surface area (Å²) < 4.78 is 0. The Bertz CT molecular complexity index is 382. The molecule has 2 aliphatic carbocycles. The van der Waals surface area contributed by atoms with Gasteiger partial charge in [-0.1, -0.05) is 24.3 Å². The van der Waals surface area contributed by atoms with E-state index in [0.717, 1.165) is 26.2 Å². The van der Waals surface area contributed by atoms with Gasteiger partial charge >= 0.3 is 0 Å². The molecule has 0 aromatic rings. The summed E-state index contributed by atoms with van der Waals surface area (Å²) in [4.78, 5) is 13.3. The Morgan fingerprint density at radius 2 is 2.00 bits per heavy atom. The Morgan fingerprint density at radius 3 is 2.39 bits per heavy atom. The topological polar surface area (TPSA) is 32.3 Å². The third-order valence-corrected chi connectivity index (χ3v) is 3.58. The van der Waals surface area contributed by atoms with E-state index < -0.39 is 0 Å². The number of piperazine rings is 1. The van der Waals surface area contributed by atoms with Crippen molar-refractivity contribution < 1.29 is 4.79 Å². The second-order valence-electron chi connectivity index (χ2n) is 4.63. The summed E-state index contributed by atoms with van der Waals surface area (Å²) in [5.41, 5.74) is 2.85. The first kappa shape index (κ1) is 13.5. The van der Waals surface area contributed by atoms with Crippen LogP contribution in [0.5, 0.6) is 0 Å². The smallest absolute Gasteiger partial charge is 0.148 e. The second kappa shape index (κ2) is 6.32. The van der Waals surface area contributed by atoms with Crippen LogP contribution in [0.1, 0.15) is 6.92 Å². The Hall–Kier alpha value is -0.900. The van der Waals surface area contributed by atoms with Crippen molar-refractivity contribution in [3.63, 3.8) is 0 Å². The van der Waals surface area contributed by atoms with Gasteiger partial charge in [-0.3, -0.25) is 9.69 Å². The fourth-order valence-corrected chi connectivity index (χ4v) is 2.40. The van der Waals surface area contributed by atoms with E-state index in [4.69, 9.17) is 11.6 Å². The SMILES string of the molecule is CC(=O)C1CNCCN1CCCl.c1cc2ccc1-2. The first-order chi connectivity index (χ1) is 8.72. The number of fused-ring (bicyclic) bond motifs is 1. The van der Waals surface area contributed by atoms with Crippen molar-refractivity contribution in [1.82, 2.24) is 10.2 Å². The fraction of sp³-hybridized carbons (Fsp3) is 0.500. The summed E-state index contributed by atoms with van der Waals surface area (Å²) in [6.07, 6.45) is 0. The minimum absolute atomic E-state index is 0.0394. The van der Waals surface area contributed by atoms with Crippen LogP contribution in [0, 0.1) is 0 Å². The predicted octanol–water partition coefficient (Wildman–Crippen LogP) is 1.75. The van der Waals surface area contributed by atoms with Gasteiger partial charge in [0.15, 0.2) is 0 Å². The van der Waals surface area contributed by atoms with Gasteiger partial charge < -0.3 is 5.32 Å². The van der Waals surface area contributed by atoms with Gasteiger partial charge in [0.2, 0.25) is 0 Å². The van der Waals surface area contributed by atoms with Gasteiger partial charge in [0.05, 0.1) is 6.04 Å². The lowest BCUT2D eigenvalue weighted by atomic mass is 9.95. The first-order valence-electron chi connectivity index (χ1n) is 6.34. The summed E-state index contributed by atoms with van der Waals surface area (Å²) >= 11 is 5.63. The predicted molar refractivity (Wildman–Crippen MR) is 75.1 cm³/mol. The van der Waals surface area contributed by atoms with Crippen LogP contribution in [-0.2, 0) is 4.79 Å². The number of nitrogens with one attached hydrogen (secondary N) is 1. The Balaban J connectivity index is 0.000000164. The molecule has 3 nitrogen and oxygen atoms in total. The number of carbonyl (C=O) groups is 1. The molecule has 0 bridgehead atoms. The third kappa shape index (κ3) is 3.10. The molecule has 0 aromatic heterocycles.